The largest absolute Gasteiger partial charge is 0.337 e. The van der Waals surface area contributed by atoms with Crippen molar-refractivity contribution in [2.45, 2.75) is 12.3 Å². The average Bonchev–Trinajstić information content (AvgIpc) is 3.28. The van der Waals surface area contributed by atoms with E-state index in [1.165, 1.54) is 5.56 Å². The Kier molecular flexibility index (Phi) is 4.78. The maximum Gasteiger partial charge on any atom is 0.251 e. The smallest absolute Gasteiger partial charge is 0.251 e. The number of hydrogen-bond acceptors (Lipinski definition) is 2. The summed E-state index contributed by atoms with van der Waals surface area (Å²) in [4.78, 5) is 17.1. The molecule has 0 radical (unpaired) electrons. The van der Waals surface area contributed by atoms with Crippen molar-refractivity contribution in [3.05, 3.63) is 125 Å². The van der Waals surface area contributed by atoms with Gasteiger partial charge >= 0.3 is 0 Å². The van der Waals surface area contributed by atoms with Crippen LogP contribution in [0.2, 0.25) is 0 Å². The third-order valence-corrected chi connectivity index (χ3v) is 6.59. The lowest BCUT2D eigenvalue weighted by Gasteiger charge is -2.32. The molecular formula is C28H25N3O. The van der Waals surface area contributed by atoms with Crippen molar-refractivity contribution in [2.24, 2.45) is 14.1 Å². The molecule has 158 valence electrons. The van der Waals surface area contributed by atoms with Crippen LogP contribution in [0, 0.1) is 0 Å². The van der Waals surface area contributed by atoms with Crippen LogP contribution in [-0.4, -0.2) is 14.1 Å². The van der Waals surface area contributed by atoms with Crippen LogP contribution in [-0.2, 0) is 19.5 Å². The highest BCUT2D eigenvalue weighted by Gasteiger charge is 2.34. The number of rotatable bonds is 4. The topological polar surface area (TPSA) is 39.8 Å². The lowest BCUT2D eigenvalue weighted by molar-refractivity contribution is 0.626. The second kappa shape index (κ2) is 7.65. The minimum atomic E-state index is -0.413. The Labute approximate surface area is 187 Å². The van der Waals surface area contributed by atoms with Crippen molar-refractivity contribution < 1.29 is 0 Å². The summed E-state index contributed by atoms with van der Waals surface area (Å²) in [6.45, 7) is 2.24. The van der Waals surface area contributed by atoms with Crippen LogP contribution >= 0.6 is 0 Å². The molecule has 0 bridgehead atoms. The maximum atomic E-state index is 12.7. The first kappa shape index (κ1) is 20.0. The van der Waals surface area contributed by atoms with Gasteiger partial charge in [0.15, 0.2) is 0 Å². The van der Waals surface area contributed by atoms with Crippen molar-refractivity contribution >= 4 is 10.9 Å². The molecule has 2 aromatic heterocycles. The molecule has 4 nitrogen and oxygen atoms in total. The zero-order chi connectivity index (χ0) is 22.3. The summed E-state index contributed by atoms with van der Waals surface area (Å²) in [5.74, 6) is 0. The highest BCUT2D eigenvalue weighted by atomic mass is 16.1. The van der Waals surface area contributed by atoms with Crippen LogP contribution in [0.4, 0.5) is 0 Å². The van der Waals surface area contributed by atoms with Crippen LogP contribution in [0.3, 0.4) is 0 Å². The zero-order valence-corrected chi connectivity index (χ0v) is 18.5. The molecule has 0 aliphatic rings. The van der Waals surface area contributed by atoms with Crippen molar-refractivity contribution in [3.8, 4) is 11.1 Å². The molecule has 0 N–H and O–H groups in total. The molecule has 2 heterocycles. The summed E-state index contributed by atoms with van der Waals surface area (Å²) in [7, 11) is 3.86. The van der Waals surface area contributed by atoms with Gasteiger partial charge in [-0.25, -0.2) is 4.98 Å². The van der Waals surface area contributed by atoms with E-state index in [9.17, 15) is 4.79 Å². The molecule has 1 atom stereocenters. The van der Waals surface area contributed by atoms with Crippen LogP contribution < -0.4 is 5.56 Å². The normalized spacial score (nSPS) is 13.2. The number of benzene rings is 3. The van der Waals surface area contributed by atoms with Crippen LogP contribution in [0.15, 0.2) is 102 Å². The quantitative estimate of drug-likeness (QED) is 0.397. The van der Waals surface area contributed by atoms with E-state index in [0.717, 1.165) is 33.3 Å². The molecule has 0 saturated heterocycles. The number of nitrogens with zero attached hydrogens (tertiary/aromatic N) is 3. The van der Waals surface area contributed by atoms with Crippen molar-refractivity contribution in [1.29, 1.82) is 0 Å². The molecule has 0 amide bonds. The van der Waals surface area contributed by atoms with E-state index in [1.807, 2.05) is 50.9 Å². The van der Waals surface area contributed by atoms with Gasteiger partial charge in [0.05, 0.1) is 23.0 Å². The second-order valence-corrected chi connectivity index (χ2v) is 8.43. The predicted molar refractivity (Wildman–Crippen MR) is 130 cm³/mol. The fourth-order valence-electron chi connectivity index (χ4n) is 4.70. The molecule has 32 heavy (non-hydrogen) atoms. The minimum Gasteiger partial charge on any atom is -0.337 e. The SMILES string of the molecule is Cn1cncc1C(C)(c1ccccc1)c1ccc2c(c1)c(-c1ccccc1)cc(=O)n2C. The summed E-state index contributed by atoms with van der Waals surface area (Å²) >= 11 is 0. The second-order valence-electron chi connectivity index (χ2n) is 8.43. The van der Waals surface area contributed by atoms with Gasteiger partial charge in [-0.1, -0.05) is 66.7 Å². The number of aryl methyl sites for hydroxylation is 2. The van der Waals surface area contributed by atoms with Gasteiger partial charge in [-0.3, -0.25) is 4.79 Å². The average molecular weight is 420 g/mol. The van der Waals surface area contributed by atoms with Gasteiger partial charge in [-0.05, 0) is 41.3 Å². The number of fused-ring (bicyclic) bond motifs is 1. The number of hydrogen-bond donors (Lipinski definition) is 0. The fourth-order valence-corrected chi connectivity index (χ4v) is 4.70. The first-order chi connectivity index (χ1) is 15.5. The van der Waals surface area contributed by atoms with E-state index in [-0.39, 0.29) is 5.56 Å². The van der Waals surface area contributed by atoms with Gasteiger partial charge in [-0.2, -0.15) is 0 Å². The van der Waals surface area contributed by atoms with Crippen LogP contribution in [0.25, 0.3) is 22.0 Å². The van der Waals surface area contributed by atoms with Gasteiger partial charge < -0.3 is 9.13 Å². The molecule has 4 heteroatoms. The summed E-state index contributed by atoms with van der Waals surface area (Å²) in [6, 6.07) is 28.8. The number of pyridine rings is 1. The molecule has 5 aromatic rings. The molecular weight excluding hydrogens is 394 g/mol. The summed E-state index contributed by atoms with van der Waals surface area (Å²) < 4.78 is 3.80. The zero-order valence-electron chi connectivity index (χ0n) is 18.5. The van der Waals surface area contributed by atoms with Crippen LogP contribution in [0.1, 0.15) is 23.7 Å². The highest BCUT2D eigenvalue weighted by molar-refractivity contribution is 5.95. The van der Waals surface area contributed by atoms with E-state index in [0.29, 0.717) is 0 Å². The molecule has 0 aliphatic heterocycles. The minimum absolute atomic E-state index is 0.0124. The Morgan fingerprint density at radius 3 is 2.16 bits per heavy atom. The monoisotopic (exact) mass is 419 g/mol. The Morgan fingerprint density at radius 2 is 1.50 bits per heavy atom. The summed E-state index contributed by atoms with van der Waals surface area (Å²) in [5.41, 5.74) is 5.92. The Hall–Kier alpha value is -3.92. The Bertz CT molecular complexity index is 1470. The van der Waals surface area contributed by atoms with Crippen LogP contribution in [0.5, 0.6) is 0 Å². The first-order valence-corrected chi connectivity index (χ1v) is 10.7. The predicted octanol–water partition coefficient (Wildman–Crippen LogP) is 5.29. The molecule has 0 fully saturated rings. The van der Waals surface area contributed by atoms with Gasteiger partial charge in [-0.15, -0.1) is 0 Å². The van der Waals surface area contributed by atoms with E-state index in [1.54, 1.807) is 10.6 Å². The fraction of sp³-hybridized carbons (Fsp3) is 0.143. The van der Waals surface area contributed by atoms with Gasteiger partial charge in [0, 0.05) is 31.7 Å². The van der Waals surface area contributed by atoms with E-state index >= 15 is 0 Å². The van der Waals surface area contributed by atoms with Gasteiger partial charge in [0.1, 0.15) is 0 Å². The molecule has 0 saturated carbocycles. The van der Waals surface area contributed by atoms with E-state index in [2.05, 4.69) is 71.1 Å². The van der Waals surface area contributed by atoms with E-state index < -0.39 is 5.41 Å². The molecule has 1 unspecified atom stereocenters. The van der Waals surface area contributed by atoms with Crippen molar-refractivity contribution in [2.75, 3.05) is 0 Å². The van der Waals surface area contributed by atoms with E-state index in [4.69, 9.17) is 0 Å². The Morgan fingerprint density at radius 1 is 0.812 bits per heavy atom. The van der Waals surface area contributed by atoms with Gasteiger partial charge in [0.25, 0.3) is 5.56 Å². The summed E-state index contributed by atoms with van der Waals surface area (Å²) in [6.07, 6.45) is 3.78. The Balaban J connectivity index is 1.85. The van der Waals surface area contributed by atoms with Crippen molar-refractivity contribution in [1.82, 2.24) is 14.1 Å². The number of aromatic nitrogens is 3. The molecule has 0 aliphatic carbocycles. The van der Waals surface area contributed by atoms with Gasteiger partial charge in [0.2, 0.25) is 0 Å². The van der Waals surface area contributed by atoms with Crippen molar-refractivity contribution in [3.63, 3.8) is 0 Å². The third kappa shape index (κ3) is 3.07. The lowest BCUT2D eigenvalue weighted by atomic mass is 9.73. The number of imidazole rings is 1. The first-order valence-electron chi connectivity index (χ1n) is 10.7. The maximum absolute atomic E-state index is 12.7. The lowest BCUT2D eigenvalue weighted by Crippen LogP contribution is -2.28. The molecule has 0 spiro atoms. The third-order valence-electron chi connectivity index (χ3n) is 6.59. The standard InChI is InChI=1S/C28H25N3O/c1-28(21-12-8-5-9-13-21,26-18-29-19-30(26)2)22-14-15-25-24(16-22)23(17-27(32)31(25)3)20-10-6-4-7-11-20/h4-19H,1-3H3. The highest BCUT2D eigenvalue weighted by Crippen LogP contribution is 2.40. The molecule has 5 rings (SSSR count). The molecule has 3 aromatic carbocycles. The summed E-state index contributed by atoms with van der Waals surface area (Å²) in [5, 5.41) is 1.06.